The summed E-state index contributed by atoms with van der Waals surface area (Å²) in [5, 5.41) is 0. The lowest BCUT2D eigenvalue weighted by atomic mass is 10.4. The van der Waals surface area contributed by atoms with E-state index in [1.54, 1.807) is 4.90 Å². The van der Waals surface area contributed by atoms with Crippen molar-refractivity contribution in [2.45, 2.75) is 74.0 Å². The van der Waals surface area contributed by atoms with Crippen molar-refractivity contribution < 1.29 is 0 Å². The Hall–Kier alpha value is 0.270. The van der Waals surface area contributed by atoms with Gasteiger partial charge < -0.3 is 0 Å². The van der Waals surface area contributed by atoms with Gasteiger partial charge in [0.05, 0.1) is 0 Å². The van der Waals surface area contributed by atoms with Gasteiger partial charge in [-0.2, -0.15) is 0 Å². The monoisotopic (exact) mass is 342 g/mol. The van der Waals surface area contributed by atoms with Crippen LogP contribution in [0, 0.1) is 0 Å². The van der Waals surface area contributed by atoms with Gasteiger partial charge in [0.15, 0.2) is 0 Å². The second-order valence-corrected chi connectivity index (χ2v) is 8.57. The van der Waals surface area contributed by atoms with Crippen LogP contribution in [0.2, 0.25) is 0 Å². The van der Waals surface area contributed by atoms with Crippen molar-refractivity contribution in [1.82, 2.24) is 0 Å². The van der Waals surface area contributed by atoms with Crippen molar-refractivity contribution in [3.63, 3.8) is 0 Å². The van der Waals surface area contributed by atoms with E-state index >= 15 is 0 Å². The normalized spacial score (nSPS) is 11.0. The van der Waals surface area contributed by atoms with E-state index < -0.39 is 0 Å². The highest BCUT2D eigenvalue weighted by molar-refractivity contribution is 8.03. The molecular weight excluding hydrogens is 312 g/mol. The molecule has 0 heterocycles. The number of unbranched alkanes of at least 4 members (excludes halogenated alkanes) is 3. The smallest absolute Gasteiger partial charge is 0.0344 e. The molecule has 0 amide bonds. The van der Waals surface area contributed by atoms with Crippen molar-refractivity contribution in [2.24, 2.45) is 0 Å². The second kappa shape index (κ2) is 12.8. The Morgan fingerprint density at radius 1 is 0.667 bits per heavy atom. The average molecular weight is 343 g/mol. The van der Waals surface area contributed by atoms with Gasteiger partial charge in [-0.25, -0.2) is 0 Å². The maximum Gasteiger partial charge on any atom is 0.0344 e. The number of rotatable bonds is 12. The Kier molecular flexibility index (Phi) is 11.8. The van der Waals surface area contributed by atoms with Gasteiger partial charge in [-0.3, -0.25) is 0 Å². The van der Waals surface area contributed by atoms with E-state index in [2.05, 4.69) is 50.7 Å². The molecule has 21 heavy (non-hydrogen) atoms. The molecule has 3 heteroatoms. The summed E-state index contributed by atoms with van der Waals surface area (Å²) in [5.74, 6) is 3.75. The van der Waals surface area contributed by atoms with Crippen LogP contribution in [-0.4, -0.2) is 17.3 Å². The SMILES string of the molecule is CCCCSc1cccc(SCCCC)c1SCCCC. The molecule has 0 aliphatic heterocycles. The van der Waals surface area contributed by atoms with Crippen LogP contribution in [0.4, 0.5) is 0 Å². The summed E-state index contributed by atoms with van der Waals surface area (Å²) in [6, 6.07) is 6.88. The number of benzene rings is 1. The van der Waals surface area contributed by atoms with E-state index in [0.717, 1.165) is 0 Å². The largest absolute Gasteiger partial charge is 0.125 e. The quantitative estimate of drug-likeness (QED) is 0.287. The van der Waals surface area contributed by atoms with E-state index in [9.17, 15) is 0 Å². The molecule has 0 unspecified atom stereocenters. The summed E-state index contributed by atoms with van der Waals surface area (Å²) in [4.78, 5) is 4.56. The van der Waals surface area contributed by atoms with Crippen molar-refractivity contribution in [1.29, 1.82) is 0 Å². The van der Waals surface area contributed by atoms with E-state index in [-0.39, 0.29) is 0 Å². The Labute approximate surface area is 144 Å². The Balaban J connectivity index is 2.75. The van der Waals surface area contributed by atoms with E-state index in [0.29, 0.717) is 0 Å². The van der Waals surface area contributed by atoms with E-state index in [4.69, 9.17) is 0 Å². The average Bonchev–Trinajstić information content (AvgIpc) is 2.50. The van der Waals surface area contributed by atoms with Crippen LogP contribution < -0.4 is 0 Å². The topological polar surface area (TPSA) is 0 Å². The summed E-state index contributed by atoms with van der Waals surface area (Å²) in [7, 11) is 0. The highest BCUT2D eigenvalue weighted by atomic mass is 32.2. The van der Waals surface area contributed by atoms with Crippen molar-refractivity contribution >= 4 is 35.3 Å². The maximum atomic E-state index is 2.32. The Bertz CT molecular complexity index is 348. The van der Waals surface area contributed by atoms with Crippen LogP contribution in [0.15, 0.2) is 32.9 Å². The number of hydrogen-bond acceptors (Lipinski definition) is 3. The van der Waals surface area contributed by atoms with Gasteiger partial charge in [0.1, 0.15) is 0 Å². The third kappa shape index (κ3) is 7.90. The summed E-state index contributed by atoms with van der Waals surface area (Å²) in [5.41, 5.74) is 0. The molecule has 0 spiro atoms. The van der Waals surface area contributed by atoms with Crippen LogP contribution in [0.5, 0.6) is 0 Å². The van der Waals surface area contributed by atoms with Gasteiger partial charge in [-0.1, -0.05) is 46.1 Å². The van der Waals surface area contributed by atoms with Crippen LogP contribution >= 0.6 is 35.3 Å². The first-order valence-corrected chi connectivity index (χ1v) is 11.3. The Morgan fingerprint density at radius 3 is 1.52 bits per heavy atom. The summed E-state index contributed by atoms with van der Waals surface area (Å²) >= 11 is 6.17. The predicted octanol–water partition coefficient (Wildman–Crippen LogP) is 7.36. The summed E-state index contributed by atoms with van der Waals surface area (Å²) in [6.07, 6.45) is 7.81. The lowest BCUT2D eigenvalue weighted by molar-refractivity contribution is 0.889. The minimum atomic E-state index is 1.25. The molecular formula is C18H30S3. The molecule has 0 radical (unpaired) electrons. The first-order valence-electron chi connectivity index (χ1n) is 8.34. The van der Waals surface area contributed by atoms with Gasteiger partial charge in [0.2, 0.25) is 0 Å². The molecule has 0 aliphatic rings. The third-order valence-electron chi connectivity index (χ3n) is 3.20. The first kappa shape index (κ1) is 19.3. The number of hydrogen-bond donors (Lipinski definition) is 0. The van der Waals surface area contributed by atoms with Gasteiger partial charge in [0, 0.05) is 14.7 Å². The fraction of sp³-hybridized carbons (Fsp3) is 0.667. The van der Waals surface area contributed by atoms with E-state index in [1.165, 1.54) is 65.6 Å². The molecule has 0 N–H and O–H groups in total. The molecule has 0 atom stereocenters. The minimum Gasteiger partial charge on any atom is -0.125 e. The molecule has 1 aromatic rings. The molecule has 0 bridgehead atoms. The fourth-order valence-electron chi connectivity index (χ4n) is 1.84. The fourth-order valence-corrected chi connectivity index (χ4v) is 5.80. The van der Waals surface area contributed by atoms with Gasteiger partial charge in [0.25, 0.3) is 0 Å². The second-order valence-electron chi connectivity index (χ2n) is 5.19. The zero-order valence-corrected chi connectivity index (χ0v) is 16.3. The van der Waals surface area contributed by atoms with Crippen molar-refractivity contribution in [3.05, 3.63) is 18.2 Å². The first-order chi connectivity index (χ1) is 10.3. The van der Waals surface area contributed by atoms with Gasteiger partial charge in [-0.15, -0.1) is 35.3 Å². The van der Waals surface area contributed by atoms with Crippen LogP contribution in [0.25, 0.3) is 0 Å². The maximum absolute atomic E-state index is 2.32. The highest BCUT2D eigenvalue weighted by Crippen LogP contribution is 2.39. The van der Waals surface area contributed by atoms with Crippen molar-refractivity contribution in [3.8, 4) is 0 Å². The van der Waals surface area contributed by atoms with Crippen molar-refractivity contribution in [2.75, 3.05) is 17.3 Å². The van der Waals surface area contributed by atoms with Crippen LogP contribution in [0.1, 0.15) is 59.3 Å². The molecule has 1 rings (SSSR count). The van der Waals surface area contributed by atoms with Gasteiger partial charge >= 0.3 is 0 Å². The third-order valence-corrected chi connectivity index (χ3v) is 6.97. The Morgan fingerprint density at radius 2 is 1.10 bits per heavy atom. The summed E-state index contributed by atoms with van der Waals surface area (Å²) < 4.78 is 0. The van der Waals surface area contributed by atoms with E-state index in [1.807, 2.05) is 23.5 Å². The van der Waals surface area contributed by atoms with Crippen LogP contribution in [-0.2, 0) is 0 Å². The lowest BCUT2D eigenvalue weighted by Crippen LogP contribution is -1.89. The summed E-state index contributed by atoms with van der Waals surface area (Å²) in [6.45, 7) is 6.82. The molecule has 0 nitrogen and oxygen atoms in total. The molecule has 0 aliphatic carbocycles. The molecule has 0 saturated carbocycles. The molecule has 0 aromatic heterocycles. The van der Waals surface area contributed by atoms with Crippen LogP contribution in [0.3, 0.4) is 0 Å². The molecule has 0 saturated heterocycles. The molecule has 1 aromatic carbocycles. The highest BCUT2D eigenvalue weighted by Gasteiger charge is 2.10. The lowest BCUT2D eigenvalue weighted by Gasteiger charge is -2.14. The minimum absolute atomic E-state index is 1.25. The van der Waals surface area contributed by atoms with Gasteiger partial charge in [-0.05, 0) is 48.7 Å². The molecule has 0 fully saturated rings. The molecule has 120 valence electrons. The zero-order chi connectivity index (χ0) is 15.3. The predicted molar refractivity (Wildman–Crippen MR) is 103 cm³/mol. The standard InChI is InChI=1S/C18H30S3/c1-4-7-13-19-16-11-10-12-17(20-14-8-5-2)18(16)21-15-9-6-3/h10-12H,4-9,13-15H2,1-3H3. The number of thioether (sulfide) groups is 3. The zero-order valence-electron chi connectivity index (χ0n) is 13.8.